The van der Waals surface area contributed by atoms with Gasteiger partial charge in [0.1, 0.15) is 17.5 Å². The summed E-state index contributed by atoms with van der Waals surface area (Å²) in [7, 11) is 0. The zero-order valence-electron chi connectivity index (χ0n) is 16.9. The first-order valence-corrected chi connectivity index (χ1v) is 9.29. The van der Waals surface area contributed by atoms with Crippen LogP contribution >= 0.6 is 0 Å². The maximum absolute atomic E-state index is 5.41. The van der Waals surface area contributed by atoms with Crippen LogP contribution in [0.5, 0.6) is 0 Å². The van der Waals surface area contributed by atoms with Gasteiger partial charge in [0.05, 0.1) is 5.69 Å². The Labute approximate surface area is 165 Å². The van der Waals surface area contributed by atoms with E-state index in [0.717, 1.165) is 22.8 Å². The summed E-state index contributed by atoms with van der Waals surface area (Å²) in [6, 6.07) is 11.7. The van der Waals surface area contributed by atoms with Crippen molar-refractivity contribution in [3.05, 3.63) is 54.1 Å². The maximum atomic E-state index is 5.41. The molecule has 0 aliphatic heterocycles. The predicted octanol–water partition coefficient (Wildman–Crippen LogP) is 4.88. The van der Waals surface area contributed by atoms with Crippen LogP contribution in [0.2, 0.25) is 0 Å². The molecule has 2 heterocycles. The lowest BCUT2D eigenvalue weighted by Crippen LogP contribution is -2.15. The van der Waals surface area contributed by atoms with Gasteiger partial charge < -0.3 is 15.1 Å². The Morgan fingerprint density at radius 3 is 2.54 bits per heavy atom. The number of rotatable bonds is 6. The zero-order valence-corrected chi connectivity index (χ0v) is 16.9. The molecule has 0 saturated carbocycles. The number of hydrogen-bond donors (Lipinski definition) is 2. The van der Waals surface area contributed by atoms with Gasteiger partial charge in [0.25, 0.3) is 0 Å². The quantitative estimate of drug-likeness (QED) is 0.471. The van der Waals surface area contributed by atoms with Crippen LogP contribution in [-0.2, 0) is 4.84 Å². The molecule has 0 fully saturated rings. The standard InChI is InChI=1S/C21H26N6O/c1-14(2)18-19(27-17(26-18)13-23-28-21(3,4)5)16-11-12-22-20(25-16)24-15-9-7-6-8-10-15/h6-14H,1-5H3,(H,26,27)(H,22,24,25). The fourth-order valence-electron chi connectivity index (χ4n) is 2.52. The first-order chi connectivity index (χ1) is 13.3. The highest BCUT2D eigenvalue weighted by atomic mass is 16.6. The lowest BCUT2D eigenvalue weighted by molar-refractivity contribution is 0.00194. The van der Waals surface area contributed by atoms with Gasteiger partial charge in [-0.2, -0.15) is 0 Å². The van der Waals surface area contributed by atoms with Gasteiger partial charge in [-0.1, -0.05) is 37.2 Å². The number of H-pyrrole nitrogens is 1. The number of oxime groups is 1. The SMILES string of the molecule is CC(C)c1[nH]c(C=NOC(C)(C)C)nc1-c1ccnc(Nc2ccccc2)n1. The Bertz CT molecular complexity index is 941. The van der Waals surface area contributed by atoms with E-state index in [1.807, 2.05) is 57.2 Å². The van der Waals surface area contributed by atoms with Crippen LogP contribution in [-0.4, -0.2) is 31.8 Å². The van der Waals surface area contributed by atoms with Crippen LogP contribution in [0, 0.1) is 0 Å². The molecule has 3 rings (SSSR count). The smallest absolute Gasteiger partial charge is 0.227 e. The van der Waals surface area contributed by atoms with Crippen molar-refractivity contribution >= 4 is 17.9 Å². The molecule has 0 saturated heterocycles. The summed E-state index contributed by atoms with van der Waals surface area (Å²) in [5.74, 6) is 1.39. The van der Waals surface area contributed by atoms with Gasteiger partial charge in [-0.05, 0) is 44.9 Å². The van der Waals surface area contributed by atoms with E-state index in [4.69, 9.17) is 4.84 Å². The first-order valence-electron chi connectivity index (χ1n) is 9.29. The third kappa shape index (κ3) is 5.16. The number of anilines is 2. The van der Waals surface area contributed by atoms with E-state index < -0.39 is 0 Å². The van der Waals surface area contributed by atoms with Gasteiger partial charge in [-0.25, -0.2) is 15.0 Å². The van der Waals surface area contributed by atoms with Gasteiger partial charge in [0.15, 0.2) is 5.82 Å². The van der Waals surface area contributed by atoms with Gasteiger partial charge in [0, 0.05) is 17.6 Å². The van der Waals surface area contributed by atoms with Crippen molar-refractivity contribution in [3.63, 3.8) is 0 Å². The molecule has 0 unspecified atom stereocenters. The molecular weight excluding hydrogens is 352 g/mol. The van der Waals surface area contributed by atoms with E-state index in [2.05, 4.69) is 44.3 Å². The highest BCUT2D eigenvalue weighted by Gasteiger charge is 2.17. The third-order valence-corrected chi connectivity index (χ3v) is 3.76. The van der Waals surface area contributed by atoms with Gasteiger partial charge >= 0.3 is 0 Å². The highest BCUT2D eigenvalue weighted by Crippen LogP contribution is 2.26. The van der Waals surface area contributed by atoms with E-state index in [-0.39, 0.29) is 11.5 Å². The molecule has 1 aromatic carbocycles. The molecule has 7 nitrogen and oxygen atoms in total. The number of imidazole rings is 1. The van der Waals surface area contributed by atoms with Crippen molar-refractivity contribution in [2.24, 2.45) is 5.16 Å². The number of hydrogen-bond acceptors (Lipinski definition) is 6. The Morgan fingerprint density at radius 1 is 1.11 bits per heavy atom. The Balaban J connectivity index is 1.89. The van der Waals surface area contributed by atoms with E-state index in [1.165, 1.54) is 0 Å². The molecule has 2 N–H and O–H groups in total. The predicted molar refractivity (Wildman–Crippen MR) is 112 cm³/mol. The summed E-state index contributed by atoms with van der Waals surface area (Å²) >= 11 is 0. The molecule has 0 aliphatic carbocycles. The minimum Gasteiger partial charge on any atom is -0.390 e. The molecule has 0 amide bonds. The summed E-state index contributed by atoms with van der Waals surface area (Å²) in [4.78, 5) is 22.3. The minimum atomic E-state index is -0.350. The summed E-state index contributed by atoms with van der Waals surface area (Å²) in [5, 5.41) is 7.24. The lowest BCUT2D eigenvalue weighted by Gasteiger charge is -2.14. The van der Waals surface area contributed by atoms with Crippen LogP contribution in [0.3, 0.4) is 0 Å². The molecule has 7 heteroatoms. The van der Waals surface area contributed by atoms with Crippen molar-refractivity contribution < 1.29 is 4.84 Å². The molecule has 0 atom stereocenters. The van der Waals surface area contributed by atoms with Crippen LogP contribution < -0.4 is 5.32 Å². The Kier molecular flexibility index (Phi) is 5.73. The zero-order chi connectivity index (χ0) is 20.1. The number of aromatic nitrogens is 4. The van der Waals surface area contributed by atoms with Crippen LogP contribution in [0.1, 0.15) is 52.1 Å². The first kappa shape index (κ1) is 19.5. The second-order valence-corrected chi connectivity index (χ2v) is 7.73. The molecular formula is C21H26N6O. The summed E-state index contributed by atoms with van der Waals surface area (Å²) in [6.07, 6.45) is 3.31. The third-order valence-electron chi connectivity index (χ3n) is 3.76. The van der Waals surface area contributed by atoms with E-state index in [0.29, 0.717) is 11.8 Å². The van der Waals surface area contributed by atoms with E-state index in [1.54, 1.807) is 12.4 Å². The molecule has 3 aromatic rings. The molecule has 146 valence electrons. The number of para-hydroxylation sites is 1. The normalized spacial score (nSPS) is 11.9. The summed E-state index contributed by atoms with van der Waals surface area (Å²) in [6.45, 7) is 10.0. The molecule has 0 spiro atoms. The van der Waals surface area contributed by atoms with Crippen molar-refractivity contribution in [1.29, 1.82) is 0 Å². The maximum Gasteiger partial charge on any atom is 0.227 e. The molecule has 28 heavy (non-hydrogen) atoms. The average Bonchev–Trinajstić information content (AvgIpc) is 3.06. The van der Waals surface area contributed by atoms with E-state index in [9.17, 15) is 0 Å². The fourth-order valence-corrected chi connectivity index (χ4v) is 2.52. The second-order valence-electron chi connectivity index (χ2n) is 7.73. The van der Waals surface area contributed by atoms with Gasteiger partial charge in [-0.3, -0.25) is 0 Å². The van der Waals surface area contributed by atoms with Gasteiger partial charge in [0.2, 0.25) is 5.95 Å². The van der Waals surface area contributed by atoms with Crippen LogP contribution in [0.15, 0.2) is 47.8 Å². The fraction of sp³-hybridized carbons (Fsp3) is 0.333. The Hall–Kier alpha value is -3.22. The van der Waals surface area contributed by atoms with Crippen molar-refractivity contribution in [1.82, 2.24) is 19.9 Å². The number of benzene rings is 1. The number of aromatic amines is 1. The van der Waals surface area contributed by atoms with Crippen LogP contribution in [0.4, 0.5) is 11.6 Å². The largest absolute Gasteiger partial charge is 0.390 e. The molecule has 0 bridgehead atoms. The summed E-state index contributed by atoms with van der Waals surface area (Å²) in [5.41, 5.74) is 3.09. The highest BCUT2D eigenvalue weighted by molar-refractivity contribution is 5.76. The van der Waals surface area contributed by atoms with Crippen LogP contribution in [0.25, 0.3) is 11.4 Å². The van der Waals surface area contributed by atoms with Crippen molar-refractivity contribution in [2.75, 3.05) is 5.32 Å². The van der Waals surface area contributed by atoms with Gasteiger partial charge in [-0.15, -0.1) is 0 Å². The average molecular weight is 378 g/mol. The van der Waals surface area contributed by atoms with Crippen molar-refractivity contribution in [3.8, 4) is 11.4 Å². The molecule has 0 aliphatic rings. The summed E-state index contributed by atoms with van der Waals surface area (Å²) < 4.78 is 0. The Morgan fingerprint density at radius 2 is 1.86 bits per heavy atom. The number of nitrogens with one attached hydrogen (secondary N) is 2. The lowest BCUT2D eigenvalue weighted by atomic mass is 10.1. The van der Waals surface area contributed by atoms with Crippen molar-refractivity contribution in [2.45, 2.75) is 46.1 Å². The topological polar surface area (TPSA) is 88.1 Å². The van der Waals surface area contributed by atoms with E-state index >= 15 is 0 Å². The number of nitrogens with zero attached hydrogens (tertiary/aromatic N) is 4. The molecule has 2 aromatic heterocycles. The minimum absolute atomic E-state index is 0.244. The monoisotopic (exact) mass is 378 g/mol. The molecule has 0 radical (unpaired) electrons. The second kappa shape index (κ2) is 8.21.